The van der Waals surface area contributed by atoms with E-state index in [1.807, 2.05) is 65.7 Å². The Kier molecular flexibility index (Phi) is 7.00. The molecule has 2 heterocycles. The maximum Gasteiger partial charge on any atom is 0.407 e. The molecule has 9 heteroatoms. The van der Waals surface area contributed by atoms with Gasteiger partial charge in [-0.1, -0.05) is 60.7 Å². The molecule has 1 aromatic heterocycles. The molecule has 1 aliphatic heterocycles. The number of nitrogens with one attached hydrogen (secondary N) is 1. The summed E-state index contributed by atoms with van der Waals surface area (Å²) in [5.41, 5.74) is 0.525. The minimum atomic E-state index is -0.647. The Morgan fingerprint density at radius 3 is 2.14 bits per heavy atom. The van der Waals surface area contributed by atoms with Crippen molar-refractivity contribution in [2.75, 3.05) is 24.8 Å². The van der Waals surface area contributed by atoms with Crippen molar-refractivity contribution in [3.63, 3.8) is 0 Å². The fraction of sp³-hybridized carbons (Fsp3) is 0.296. The summed E-state index contributed by atoms with van der Waals surface area (Å²) in [7, 11) is 0. The average Bonchev–Trinajstić information content (AvgIpc) is 2.84. The fourth-order valence-corrected chi connectivity index (χ4v) is 4.18. The van der Waals surface area contributed by atoms with Gasteiger partial charge in [-0.05, 0) is 31.9 Å². The molecular formula is C27H30N4O5. The SMILES string of the molecule is CC(C)(C)OC(=O)NCCN1CN(C(c2ccccc2)c2ccccc2)n2ccc(=O)c(O)c2C1=O. The Balaban J connectivity index is 1.71. The summed E-state index contributed by atoms with van der Waals surface area (Å²) in [6.45, 7) is 5.73. The molecule has 2 amide bonds. The molecule has 0 fully saturated rings. The van der Waals surface area contributed by atoms with Gasteiger partial charge in [-0.3, -0.25) is 19.3 Å². The summed E-state index contributed by atoms with van der Waals surface area (Å²) in [5.74, 6) is -1.12. The first-order chi connectivity index (χ1) is 17.2. The predicted molar refractivity (Wildman–Crippen MR) is 135 cm³/mol. The highest BCUT2D eigenvalue weighted by molar-refractivity contribution is 5.96. The number of alkyl carbamates (subject to hydrolysis) is 1. The molecule has 3 aromatic rings. The van der Waals surface area contributed by atoms with E-state index in [1.54, 1.807) is 25.4 Å². The first-order valence-corrected chi connectivity index (χ1v) is 11.7. The number of aromatic hydroxyl groups is 1. The summed E-state index contributed by atoms with van der Waals surface area (Å²) < 4.78 is 6.81. The lowest BCUT2D eigenvalue weighted by molar-refractivity contribution is 0.0506. The molecule has 9 nitrogen and oxygen atoms in total. The van der Waals surface area contributed by atoms with Gasteiger partial charge < -0.3 is 20.1 Å². The van der Waals surface area contributed by atoms with Gasteiger partial charge in [0.2, 0.25) is 5.43 Å². The van der Waals surface area contributed by atoms with Gasteiger partial charge in [0.25, 0.3) is 5.91 Å². The first-order valence-electron chi connectivity index (χ1n) is 11.7. The number of carbonyl (C=O) groups is 2. The molecule has 36 heavy (non-hydrogen) atoms. The van der Waals surface area contributed by atoms with Crippen LogP contribution in [0.25, 0.3) is 0 Å². The average molecular weight is 491 g/mol. The molecular weight excluding hydrogens is 460 g/mol. The summed E-state index contributed by atoms with van der Waals surface area (Å²) >= 11 is 0. The van der Waals surface area contributed by atoms with Crippen LogP contribution in [0.15, 0.2) is 77.7 Å². The lowest BCUT2D eigenvalue weighted by atomic mass is 9.98. The third-order valence-electron chi connectivity index (χ3n) is 5.71. The maximum atomic E-state index is 13.4. The molecule has 1 aliphatic rings. The molecule has 0 saturated carbocycles. The monoisotopic (exact) mass is 490 g/mol. The number of nitrogens with zero attached hydrogens (tertiary/aromatic N) is 3. The normalized spacial score (nSPS) is 13.5. The van der Waals surface area contributed by atoms with E-state index in [4.69, 9.17) is 4.74 Å². The lowest BCUT2D eigenvalue weighted by Gasteiger charge is -2.44. The lowest BCUT2D eigenvalue weighted by Crippen LogP contribution is -2.56. The molecule has 2 N–H and O–H groups in total. The van der Waals surface area contributed by atoms with Crippen molar-refractivity contribution >= 4 is 12.0 Å². The zero-order valence-corrected chi connectivity index (χ0v) is 20.5. The van der Waals surface area contributed by atoms with E-state index in [2.05, 4.69) is 5.32 Å². The van der Waals surface area contributed by atoms with Gasteiger partial charge in [0.05, 0.1) is 6.04 Å². The van der Waals surface area contributed by atoms with Crippen LogP contribution in [-0.2, 0) is 4.74 Å². The van der Waals surface area contributed by atoms with Gasteiger partial charge in [0.1, 0.15) is 12.3 Å². The minimum Gasteiger partial charge on any atom is -0.502 e. The number of fused-ring (bicyclic) bond motifs is 1. The van der Waals surface area contributed by atoms with Gasteiger partial charge in [-0.25, -0.2) is 4.79 Å². The quantitative estimate of drug-likeness (QED) is 0.550. The van der Waals surface area contributed by atoms with E-state index in [0.29, 0.717) is 0 Å². The summed E-state index contributed by atoms with van der Waals surface area (Å²) in [5, 5.41) is 15.2. The van der Waals surface area contributed by atoms with E-state index in [-0.39, 0.29) is 31.5 Å². The number of carbonyl (C=O) groups excluding carboxylic acids is 2. The van der Waals surface area contributed by atoms with Crippen LogP contribution in [0.1, 0.15) is 48.4 Å². The van der Waals surface area contributed by atoms with Crippen LogP contribution < -0.4 is 15.8 Å². The molecule has 188 valence electrons. The number of rotatable bonds is 6. The largest absolute Gasteiger partial charge is 0.502 e. The van der Waals surface area contributed by atoms with Crippen molar-refractivity contribution in [2.45, 2.75) is 32.4 Å². The maximum absolute atomic E-state index is 13.4. The standard InChI is InChI=1S/C27H30N4O5/c1-27(2,3)36-26(35)28-15-17-29-18-31(30-16-14-21(32)24(33)23(30)25(29)34)22(19-10-6-4-7-11-19)20-12-8-5-9-13-20/h4-14,16,22,33H,15,17-18H2,1-3H3,(H,28,35). The van der Waals surface area contributed by atoms with Crippen LogP contribution in [0.2, 0.25) is 0 Å². The number of hydrogen-bond acceptors (Lipinski definition) is 6. The zero-order valence-electron chi connectivity index (χ0n) is 20.5. The molecule has 0 saturated heterocycles. The highest BCUT2D eigenvalue weighted by Crippen LogP contribution is 2.31. The fourth-order valence-electron chi connectivity index (χ4n) is 4.18. The van der Waals surface area contributed by atoms with Crippen LogP contribution in [0.5, 0.6) is 5.75 Å². The molecule has 2 aromatic carbocycles. The molecule has 0 aliphatic carbocycles. The van der Waals surface area contributed by atoms with Crippen molar-refractivity contribution in [3.8, 4) is 5.75 Å². The second-order valence-electron chi connectivity index (χ2n) is 9.52. The number of aromatic nitrogens is 1. The van der Waals surface area contributed by atoms with E-state index < -0.39 is 28.8 Å². The molecule has 0 unspecified atom stereocenters. The van der Waals surface area contributed by atoms with Crippen molar-refractivity contribution < 1.29 is 19.4 Å². The molecule has 0 bridgehead atoms. The smallest absolute Gasteiger partial charge is 0.407 e. The van der Waals surface area contributed by atoms with Crippen molar-refractivity contribution in [3.05, 3.63) is 100.0 Å². The number of ether oxygens (including phenoxy) is 1. The van der Waals surface area contributed by atoms with E-state index >= 15 is 0 Å². The second-order valence-corrected chi connectivity index (χ2v) is 9.52. The van der Waals surface area contributed by atoms with Crippen LogP contribution in [-0.4, -0.2) is 52.0 Å². The Hall–Kier alpha value is -4.27. The Bertz CT molecular complexity index is 1250. The van der Waals surface area contributed by atoms with Crippen molar-refractivity contribution in [2.24, 2.45) is 0 Å². The van der Waals surface area contributed by atoms with Crippen LogP contribution in [0, 0.1) is 0 Å². The number of hydrogen-bond donors (Lipinski definition) is 2. The number of benzene rings is 2. The summed E-state index contributed by atoms with van der Waals surface area (Å²) in [6.07, 6.45) is 0.916. The topological polar surface area (TPSA) is 104 Å². The molecule has 4 rings (SSSR count). The Labute approximate surface area is 209 Å². The first kappa shape index (κ1) is 24.8. The second kappa shape index (κ2) is 10.2. The number of amides is 2. The van der Waals surface area contributed by atoms with E-state index in [1.165, 1.54) is 17.2 Å². The summed E-state index contributed by atoms with van der Waals surface area (Å²) in [4.78, 5) is 39.2. The van der Waals surface area contributed by atoms with Crippen molar-refractivity contribution in [1.29, 1.82) is 0 Å². The van der Waals surface area contributed by atoms with Crippen LogP contribution in [0.3, 0.4) is 0 Å². The highest BCUT2D eigenvalue weighted by Gasteiger charge is 2.36. The van der Waals surface area contributed by atoms with Gasteiger partial charge in [-0.15, -0.1) is 0 Å². The van der Waals surface area contributed by atoms with Gasteiger partial charge >= 0.3 is 6.09 Å². The molecule has 0 spiro atoms. The zero-order chi connectivity index (χ0) is 25.9. The van der Waals surface area contributed by atoms with Gasteiger partial charge in [0.15, 0.2) is 11.4 Å². The third kappa shape index (κ3) is 5.35. The van der Waals surface area contributed by atoms with Crippen LogP contribution in [0.4, 0.5) is 4.79 Å². The van der Waals surface area contributed by atoms with Gasteiger partial charge in [0, 0.05) is 25.4 Å². The minimum absolute atomic E-state index is 0.122. The van der Waals surface area contributed by atoms with E-state index in [9.17, 15) is 19.5 Å². The predicted octanol–water partition coefficient (Wildman–Crippen LogP) is 3.22. The van der Waals surface area contributed by atoms with Gasteiger partial charge in [-0.2, -0.15) is 0 Å². The van der Waals surface area contributed by atoms with E-state index in [0.717, 1.165) is 11.1 Å². The summed E-state index contributed by atoms with van der Waals surface area (Å²) in [6, 6.07) is 20.5. The molecule has 0 atom stereocenters. The van der Waals surface area contributed by atoms with Crippen molar-refractivity contribution in [1.82, 2.24) is 14.9 Å². The van der Waals surface area contributed by atoms with Crippen LogP contribution >= 0.6 is 0 Å². The third-order valence-corrected chi connectivity index (χ3v) is 5.71. The Morgan fingerprint density at radius 2 is 1.58 bits per heavy atom. The highest BCUT2D eigenvalue weighted by atomic mass is 16.6. The Morgan fingerprint density at radius 1 is 1.00 bits per heavy atom. The molecule has 0 radical (unpaired) electrons. The number of pyridine rings is 1.